The molecule has 6 rings (SSSR count). The van der Waals surface area contributed by atoms with Crippen LogP contribution in [0.15, 0.2) is 42.6 Å². The highest BCUT2D eigenvalue weighted by Gasteiger charge is 2.68. The number of methoxy groups -OCH3 is 1. The minimum Gasteiger partial charge on any atom is -0.487 e. The topological polar surface area (TPSA) is 66.9 Å². The van der Waals surface area contributed by atoms with Gasteiger partial charge in [-0.3, -0.25) is 0 Å². The number of ether oxygens (including phenoxy) is 2. The molecule has 0 spiro atoms. The van der Waals surface area contributed by atoms with Crippen molar-refractivity contribution in [3.05, 3.63) is 53.9 Å². The lowest BCUT2D eigenvalue weighted by molar-refractivity contribution is -0.199. The van der Waals surface area contributed by atoms with Crippen molar-refractivity contribution in [1.82, 2.24) is 4.98 Å². The number of carbonyl (C=O) groups excluding carboxylic acids is 1. The van der Waals surface area contributed by atoms with Gasteiger partial charge in [0.05, 0.1) is 18.8 Å². The number of benzene rings is 1. The molecule has 4 atom stereocenters. The molecular weight excluding hydrogens is 393 g/mol. The predicted octanol–water partition coefficient (Wildman–Crippen LogP) is 3.38. The van der Waals surface area contributed by atoms with Gasteiger partial charge in [0.2, 0.25) is 0 Å². The normalized spacial score (nSPS) is 30.3. The fourth-order valence-electron chi connectivity index (χ4n) is 5.77. The zero-order valence-corrected chi connectivity index (χ0v) is 18.5. The van der Waals surface area contributed by atoms with E-state index < -0.39 is 13.1 Å². The highest BCUT2D eigenvalue weighted by atomic mass is 16.7. The molecule has 3 saturated carbocycles. The van der Waals surface area contributed by atoms with Crippen LogP contribution in [0.3, 0.4) is 0 Å². The van der Waals surface area contributed by atoms with Crippen molar-refractivity contribution < 1.29 is 23.6 Å². The first-order valence-corrected chi connectivity index (χ1v) is 10.9. The second kappa shape index (κ2) is 7.35. The van der Waals surface area contributed by atoms with Crippen molar-refractivity contribution in [2.45, 2.75) is 51.9 Å². The third-order valence-electron chi connectivity index (χ3n) is 7.74. The second-order valence-electron chi connectivity index (χ2n) is 9.64. The summed E-state index contributed by atoms with van der Waals surface area (Å²) in [5, 5.41) is 0. The van der Waals surface area contributed by atoms with E-state index in [1.807, 2.05) is 36.4 Å². The van der Waals surface area contributed by atoms with Crippen LogP contribution in [0, 0.1) is 17.3 Å². The van der Waals surface area contributed by atoms with Gasteiger partial charge in [-0.25, -0.2) is 9.78 Å². The Morgan fingerprint density at radius 2 is 1.97 bits per heavy atom. The minimum absolute atomic E-state index is 0.0333. The maximum atomic E-state index is 12.4. The summed E-state index contributed by atoms with van der Waals surface area (Å²) in [6.45, 7) is 7.14. The van der Waals surface area contributed by atoms with Crippen LogP contribution >= 0.6 is 0 Å². The summed E-state index contributed by atoms with van der Waals surface area (Å²) in [4.78, 5) is 16.7. The molecule has 162 valence electrons. The molecule has 31 heavy (non-hydrogen) atoms. The summed E-state index contributed by atoms with van der Waals surface area (Å²) in [7, 11) is 0.729. The molecule has 1 aliphatic heterocycles. The van der Waals surface area contributed by atoms with E-state index in [0.717, 1.165) is 12.0 Å². The molecule has 6 nitrogen and oxygen atoms in total. The van der Waals surface area contributed by atoms with E-state index in [1.165, 1.54) is 13.5 Å². The molecule has 0 radical (unpaired) electrons. The number of pyridine rings is 1. The number of aromatic nitrogens is 1. The van der Waals surface area contributed by atoms with Crippen molar-refractivity contribution in [2.75, 3.05) is 7.11 Å². The zero-order valence-electron chi connectivity index (χ0n) is 18.5. The molecule has 2 aromatic rings. The standard InChI is InChI=1S/C24H28BNO5/c1-23(2)16-12-18(23)24(3)19(13-16)30-25(31-24)17-10-11-26-20(22(27)28-4)21(17)29-14-15-8-6-5-7-9-15/h5-11,16,18-19H,12-14H2,1-4H3. The summed E-state index contributed by atoms with van der Waals surface area (Å²) >= 11 is 0. The Hall–Kier alpha value is -2.38. The summed E-state index contributed by atoms with van der Waals surface area (Å²) in [5.74, 6) is 0.922. The molecule has 1 aromatic heterocycles. The molecule has 3 aliphatic carbocycles. The number of hydrogen-bond donors (Lipinski definition) is 0. The summed E-state index contributed by atoms with van der Waals surface area (Å²) in [6, 6.07) is 11.6. The fourth-order valence-corrected chi connectivity index (χ4v) is 5.77. The molecule has 4 aliphatic rings. The monoisotopic (exact) mass is 421 g/mol. The van der Waals surface area contributed by atoms with Gasteiger partial charge in [0, 0.05) is 11.7 Å². The van der Waals surface area contributed by atoms with Gasteiger partial charge in [-0.15, -0.1) is 0 Å². The lowest BCUT2D eigenvalue weighted by Gasteiger charge is -2.64. The van der Waals surface area contributed by atoms with Crippen LogP contribution in [0.25, 0.3) is 0 Å². The van der Waals surface area contributed by atoms with Gasteiger partial charge in [-0.2, -0.15) is 0 Å². The molecular formula is C24H28BNO5. The fraction of sp³-hybridized carbons (Fsp3) is 0.500. The van der Waals surface area contributed by atoms with E-state index in [-0.39, 0.29) is 22.8 Å². The molecule has 4 unspecified atom stereocenters. The van der Waals surface area contributed by atoms with Crippen LogP contribution in [-0.4, -0.2) is 36.9 Å². The molecule has 1 aromatic carbocycles. The van der Waals surface area contributed by atoms with Gasteiger partial charge in [-0.1, -0.05) is 44.2 Å². The van der Waals surface area contributed by atoms with Crippen molar-refractivity contribution >= 4 is 18.6 Å². The van der Waals surface area contributed by atoms with Crippen LogP contribution in [-0.2, 0) is 20.7 Å². The molecule has 2 heterocycles. The first-order chi connectivity index (χ1) is 14.8. The van der Waals surface area contributed by atoms with Gasteiger partial charge in [0.25, 0.3) is 0 Å². The molecule has 1 saturated heterocycles. The molecule has 7 heteroatoms. The Bertz CT molecular complexity index is 997. The lowest BCUT2D eigenvalue weighted by atomic mass is 9.43. The van der Waals surface area contributed by atoms with Gasteiger partial charge >= 0.3 is 13.1 Å². The third kappa shape index (κ3) is 3.17. The van der Waals surface area contributed by atoms with Crippen LogP contribution in [0.1, 0.15) is 49.7 Å². The average molecular weight is 421 g/mol. The van der Waals surface area contributed by atoms with E-state index in [1.54, 1.807) is 6.20 Å². The van der Waals surface area contributed by atoms with Crippen molar-refractivity contribution in [3.8, 4) is 5.75 Å². The smallest absolute Gasteiger partial charge is 0.487 e. The first kappa shape index (κ1) is 20.5. The first-order valence-electron chi connectivity index (χ1n) is 10.9. The van der Waals surface area contributed by atoms with E-state index in [0.29, 0.717) is 29.7 Å². The van der Waals surface area contributed by atoms with E-state index in [4.69, 9.17) is 18.8 Å². The van der Waals surface area contributed by atoms with E-state index in [2.05, 4.69) is 25.8 Å². The second-order valence-corrected chi connectivity index (χ2v) is 9.64. The Balaban J connectivity index is 1.47. The molecule has 4 fully saturated rings. The Morgan fingerprint density at radius 3 is 2.68 bits per heavy atom. The van der Waals surface area contributed by atoms with Gasteiger partial charge in [0.1, 0.15) is 6.61 Å². The molecule has 2 bridgehead atoms. The third-order valence-corrected chi connectivity index (χ3v) is 7.74. The van der Waals surface area contributed by atoms with Gasteiger partial charge in [0.15, 0.2) is 11.4 Å². The molecule has 0 amide bonds. The Kier molecular flexibility index (Phi) is 4.86. The number of rotatable bonds is 5. The zero-order chi connectivity index (χ0) is 21.8. The van der Waals surface area contributed by atoms with Crippen LogP contribution < -0.4 is 10.2 Å². The Morgan fingerprint density at radius 1 is 1.19 bits per heavy atom. The minimum atomic E-state index is -0.609. The van der Waals surface area contributed by atoms with E-state index in [9.17, 15) is 4.79 Å². The SMILES string of the molecule is COC(=O)c1nccc(B2OC3CC4CC(C4(C)C)C3(C)O2)c1OCc1ccccc1. The largest absolute Gasteiger partial charge is 0.498 e. The van der Waals surface area contributed by atoms with Crippen LogP contribution in [0.2, 0.25) is 0 Å². The van der Waals surface area contributed by atoms with Crippen molar-refractivity contribution in [3.63, 3.8) is 0 Å². The van der Waals surface area contributed by atoms with Gasteiger partial charge in [-0.05, 0) is 48.6 Å². The van der Waals surface area contributed by atoms with Crippen LogP contribution in [0.5, 0.6) is 5.75 Å². The summed E-state index contributed by atoms with van der Waals surface area (Å²) < 4.78 is 24.1. The van der Waals surface area contributed by atoms with E-state index >= 15 is 0 Å². The summed E-state index contributed by atoms with van der Waals surface area (Å²) in [6.07, 6.45) is 3.78. The average Bonchev–Trinajstić information content (AvgIpc) is 3.14. The van der Waals surface area contributed by atoms with Gasteiger partial charge < -0.3 is 18.8 Å². The van der Waals surface area contributed by atoms with Crippen molar-refractivity contribution in [2.24, 2.45) is 17.3 Å². The van der Waals surface area contributed by atoms with Crippen LogP contribution in [0.4, 0.5) is 0 Å². The molecule has 0 N–H and O–H groups in total. The highest BCUT2D eigenvalue weighted by Crippen LogP contribution is 2.65. The maximum absolute atomic E-state index is 12.4. The number of esters is 1. The Labute approximate surface area is 183 Å². The quantitative estimate of drug-likeness (QED) is 0.545. The van der Waals surface area contributed by atoms with Crippen molar-refractivity contribution in [1.29, 1.82) is 0 Å². The predicted molar refractivity (Wildman–Crippen MR) is 116 cm³/mol. The number of hydrogen-bond acceptors (Lipinski definition) is 6. The number of carbonyl (C=O) groups is 1. The maximum Gasteiger partial charge on any atom is 0.498 e. The highest BCUT2D eigenvalue weighted by molar-refractivity contribution is 6.63. The number of nitrogens with zero attached hydrogens (tertiary/aromatic N) is 1. The summed E-state index contributed by atoms with van der Waals surface area (Å²) in [5.41, 5.74) is 1.70. The lowest BCUT2D eigenvalue weighted by Crippen LogP contribution is -2.65.